The molecule has 1 rings (SSSR count). The first kappa shape index (κ1) is 11.6. The molecule has 0 aliphatic heterocycles. The number of carbonyl (C=O) groups excluding carboxylic acids is 1. The number of nitrogens with one attached hydrogen (secondary N) is 1. The largest absolute Gasteiger partial charge is 0.469 e. The monoisotopic (exact) mass is 216 g/mol. The zero-order valence-electron chi connectivity index (χ0n) is 8.69. The van der Waals surface area contributed by atoms with E-state index in [-0.39, 0.29) is 11.9 Å². The molecule has 0 aromatic rings. The van der Waals surface area contributed by atoms with Gasteiger partial charge in [-0.1, -0.05) is 0 Å². The number of methoxy groups -OCH3 is 1. The summed E-state index contributed by atoms with van der Waals surface area (Å²) in [6.45, 7) is 0. The van der Waals surface area contributed by atoms with E-state index in [1.165, 1.54) is 7.11 Å². The smallest absolute Gasteiger partial charge is 0.308 e. The number of hydrogen-bond donors (Lipinski definition) is 1. The van der Waals surface area contributed by atoms with Crippen molar-refractivity contribution in [3.63, 3.8) is 0 Å². The lowest BCUT2D eigenvalue weighted by Crippen LogP contribution is -2.30. The number of rotatable bonds is 3. The van der Waals surface area contributed by atoms with Crippen LogP contribution in [-0.2, 0) is 9.53 Å². The number of nitrogens with zero attached hydrogens (tertiary/aromatic N) is 1. The summed E-state index contributed by atoms with van der Waals surface area (Å²) in [4.78, 5) is 11.2. The van der Waals surface area contributed by atoms with Crippen LogP contribution in [0.2, 0.25) is 0 Å². The van der Waals surface area contributed by atoms with Crippen molar-refractivity contribution in [2.45, 2.75) is 31.7 Å². The van der Waals surface area contributed by atoms with E-state index in [0.29, 0.717) is 6.04 Å². The molecule has 5 heteroatoms. The second kappa shape index (κ2) is 6.10. The van der Waals surface area contributed by atoms with Gasteiger partial charge < -0.3 is 4.74 Å². The Labute approximate surface area is 86.4 Å². The van der Waals surface area contributed by atoms with Crippen LogP contribution >= 0.6 is 8.52 Å². The molecule has 1 fully saturated rings. The summed E-state index contributed by atoms with van der Waals surface area (Å²) in [5.74, 6) is 0.0643. The molecule has 0 amide bonds. The van der Waals surface area contributed by atoms with Crippen LogP contribution < -0.4 is 5.09 Å². The van der Waals surface area contributed by atoms with Gasteiger partial charge in [0.05, 0.1) is 21.6 Å². The van der Waals surface area contributed by atoms with Crippen LogP contribution in [0.25, 0.3) is 0 Å². The lowest BCUT2D eigenvalue weighted by Gasteiger charge is -2.25. The molecule has 1 N–H and O–H groups in total. The van der Waals surface area contributed by atoms with Gasteiger partial charge >= 0.3 is 5.97 Å². The molecule has 0 heterocycles. The highest BCUT2D eigenvalue weighted by Crippen LogP contribution is 2.26. The fourth-order valence-electron chi connectivity index (χ4n) is 1.76. The first-order valence-electron chi connectivity index (χ1n) is 4.90. The van der Waals surface area contributed by atoms with E-state index in [0.717, 1.165) is 34.2 Å². The Hall–Kier alpha value is -0.470. The molecule has 1 aliphatic rings. The van der Waals surface area contributed by atoms with E-state index >= 15 is 0 Å². The molecule has 80 valence electrons. The maximum atomic E-state index is 11.2. The highest BCUT2D eigenvalue weighted by Gasteiger charge is 2.26. The molecule has 0 radical (unpaired) electrons. The molecule has 14 heavy (non-hydrogen) atoms. The first-order valence-corrected chi connectivity index (χ1v) is 5.74. The molecule has 4 nitrogen and oxygen atoms in total. The molecule has 1 aliphatic carbocycles. The summed E-state index contributed by atoms with van der Waals surface area (Å²) >= 11 is 0. The lowest BCUT2D eigenvalue weighted by atomic mass is 9.86. The van der Waals surface area contributed by atoms with E-state index < -0.39 is 0 Å². The van der Waals surface area contributed by atoms with E-state index in [4.69, 9.17) is 4.74 Å². The van der Waals surface area contributed by atoms with E-state index in [1.807, 2.05) is 0 Å². The Morgan fingerprint density at radius 1 is 1.43 bits per heavy atom. The highest BCUT2D eigenvalue weighted by atomic mass is 31.1. The van der Waals surface area contributed by atoms with Crippen LogP contribution in [0.1, 0.15) is 25.7 Å². The summed E-state index contributed by atoms with van der Waals surface area (Å²) in [5, 5.41) is 3.30. The van der Waals surface area contributed by atoms with Crippen LogP contribution in [-0.4, -0.2) is 26.2 Å². The molecule has 0 atom stereocenters. The molecule has 0 saturated heterocycles. The van der Waals surface area contributed by atoms with Crippen LogP contribution in [0, 0.1) is 5.92 Å². The van der Waals surface area contributed by atoms with Gasteiger partial charge in [-0.15, -0.1) is 0 Å². The van der Waals surface area contributed by atoms with Gasteiger partial charge in [-0.3, -0.25) is 14.6 Å². The fourth-order valence-corrected chi connectivity index (χ4v) is 2.30. The van der Waals surface area contributed by atoms with E-state index in [1.54, 1.807) is 7.05 Å². The van der Waals surface area contributed by atoms with E-state index in [9.17, 15) is 4.79 Å². The van der Waals surface area contributed by atoms with Gasteiger partial charge in [0.15, 0.2) is 0 Å². The van der Waals surface area contributed by atoms with Crippen molar-refractivity contribution in [2.75, 3.05) is 14.2 Å². The maximum Gasteiger partial charge on any atom is 0.308 e. The van der Waals surface area contributed by atoms with Crippen LogP contribution in [0.15, 0.2) is 4.74 Å². The van der Waals surface area contributed by atoms with Crippen molar-refractivity contribution in [3.8, 4) is 0 Å². The Balaban J connectivity index is 2.27. The minimum absolute atomic E-state index is 0.0545. The lowest BCUT2D eigenvalue weighted by molar-refractivity contribution is -0.146. The van der Waals surface area contributed by atoms with E-state index in [2.05, 4.69) is 9.83 Å². The average molecular weight is 216 g/mol. The third kappa shape index (κ3) is 3.35. The van der Waals surface area contributed by atoms with Gasteiger partial charge in [-0.25, -0.2) is 0 Å². The minimum Gasteiger partial charge on any atom is -0.469 e. The predicted octanol–water partition coefficient (Wildman–Crippen LogP) is 1.98. The number of ether oxygens (including phenoxy) is 1. The molecule has 0 bridgehead atoms. The predicted molar refractivity (Wildman–Crippen MR) is 56.2 cm³/mol. The van der Waals surface area contributed by atoms with Crippen molar-refractivity contribution in [3.05, 3.63) is 0 Å². The Kier molecular flexibility index (Phi) is 5.05. The molecule has 0 aromatic heterocycles. The van der Waals surface area contributed by atoms with Gasteiger partial charge in [-0.05, 0) is 25.7 Å². The molecular formula is C9H17N2O2P. The second-order valence-corrected chi connectivity index (χ2v) is 4.36. The average Bonchev–Trinajstić information content (AvgIpc) is 2.26. The highest BCUT2D eigenvalue weighted by molar-refractivity contribution is 7.24. The van der Waals surface area contributed by atoms with Crippen LogP contribution in [0.5, 0.6) is 0 Å². The van der Waals surface area contributed by atoms with Gasteiger partial charge in [0.1, 0.15) is 0 Å². The maximum absolute atomic E-state index is 11.2. The fraction of sp³-hybridized carbons (Fsp3) is 0.889. The Morgan fingerprint density at radius 2 is 2.07 bits per heavy atom. The van der Waals surface area contributed by atoms with Gasteiger partial charge in [0.2, 0.25) is 0 Å². The number of hydrogen-bond acceptors (Lipinski definition) is 3. The Morgan fingerprint density at radius 3 is 2.57 bits per heavy atom. The molecular weight excluding hydrogens is 199 g/mol. The molecule has 0 unspecified atom stereocenters. The standard InChI is InChI=1S/C9H17N2O2P/c1-10-14-11-8-5-3-7(4-6-8)9(12)13-2/h7-8H,3-6H2,1-2H3,(H,10,11). The number of esters is 1. The molecule has 1 saturated carbocycles. The Bertz CT molecular complexity index is 213. The summed E-state index contributed by atoms with van der Waals surface area (Å²) in [5.41, 5.74) is 0. The zero-order chi connectivity index (χ0) is 10.4. The normalized spacial score (nSPS) is 27.9. The quantitative estimate of drug-likeness (QED) is 0.579. The van der Waals surface area contributed by atoms with Crippen LogP contribution in [0.3, 0.4) is 0 Å². The van der Waals surface area contributed by atoms with Crippen molar-refractivity contribution >= 4 is 14.5 Å². The zero-order valence-corrected chi connectivity index (χ0v) is 9.59. The van der Waals surface area contributed by atoms with Crippen LogP contribution in [0.4, 0.5) is 0 Å². The molecule has 0 spiro atoms. The summed E-state index contributed by atoms with van der Waals surface area (Å²) in [6, 6.07) is 0.515. The summed E-state index contributed by atoms with van der Waals surface area (Å²) in [6.07, 6.45) is 3.96. The summed E-state index contributed by atoms with van der Waals surface area (Å²) < 4.78 is 8.70. The van der Waals surface area contributed by atoms with Crippen molar-refractivity contribution in [1.82, 2.24) is 5.09 Å². The van der Waals surface area contributed by atoms with Gasteiger partial charge in [-0.2, -0.15) is 0 Å². The van der Waals surface area contributed by atoms with Gasteiger partial charge in [0, 0.05) is 13.1 Å². The topological polar surface area (TPSA) is 50.7 Å². The van der Waals surface area contributed by atoms with Crippen molar-refractivity contribution in [1.29, 1.82) is 0 Å². The van der Waals surface area contributed by atoms with Crippen molar-refractivity contribution in [2.24, 2.45) is 10.7 Å². The third-order valence-corrected chi connectivity index (χ3v) is 3.28. The first-order chi connectivity index (χ1) is 6.77. The molecule has 0 aromatic carbocycles. The second-order valence-electron chi connectivity index (χ2n) is 3.50. The SMILES string of the molecule is CN=PNC1CCC(C(=O)OC)CC1. The minimum atomic E-state index is -0.0545. The summed E-state index contributed by atoms with van der Waals surface area (Å²) in [7, 11) is 4.19. The number of carbonyl (C=O) groups is 1. The van der Waals surface area contributed by atoms with Gasteiger partial charge in [0.25, 0.3) is 0 Å². The third-order valence-electron chi connectivity index (χ3n) is 2.60. The van der Waals surface area contributed by atoms with Crippen molar-refractivity contribution < 1.29 is 9.53 Å².